The minimum Gasteiger partial charge on any atom is -0.493 e. The van der Waals surface area contributed by atoms with E-state index in [9.17, 15) is 0 Å². The summed E-state index contributed by atoms with van der Waals surface area (Å²) in [7, 11) is 3.45. The Morgan fingerprint density at radius 3 is 2.05 bits per heavy atom. The molecule has 0 heterocycles. The highest BCUT2D eigenvalue weighted by atomic mass is 16.7. The summed E-state index contributed by atoms with van der Waals surface area (Å²) in [5.41, 5.74) is 0. The van der Waals surface area contributed by atoms with E-state index in [-0.39, 0.29) is 6.10 Å². The SMILES string of the molecule is CCC=COC(CCCCCCCC)C(CCC)(OC)OC. The summed E-state index contributed by atoms with van der Waals surface area (Å²) in [6, 6.07) is 0. The summed E-state index contributed by atoms with van der Waals surface area (Å²) in [6.07, 6.45) is 15.3. The Bertz CT molecular complexity index is 259. The lowest BCUT2D eigenvalue weighted by Gasteiger charge is -2.37. The molecule has 22 heavy (non-hydrogen) atoms. The third kappa shape index (κ3) is 8.19. The average molecular weight is 315 g/mol. The van der Waals surface area contributed by atoms with Gasteiger partial charge >= 0.3 is 0 Å². The van der Waals surface area contributed by atoms with Gasteiger partial charge in [0.05, 0.1) is 6.26 Å². The predicted octanol–water partition coefficient (Wildman–Crippen LogP) is 5.84. The van der Waals surface area contributed by atoms with Crippen molar-refractivity contribution in [2.75, 3.05) is 14.2 Å². The number of hydrogen-bond acceptors (Lipinski definition) is 3. The maximum atomic E-state index is 5.98. The van der Waals surface area contributed by atoms with Crippen molar-refractivity contribution in [3.63, 3.8) is 0 Å². The Balaban J connectivity index is 4.54. The molecule has 1 atom stereocenters. The Hall–Kier alpha value is -0.540. The van der Waals surface area contributed by atoms with Crippen LogP contribution in [0.5, 0.6) is 0 Å². The van der Waals surface area contributed by atoms with E-state index in [1.807, 2.05) is 12.3 Å². The van der Waals surface area contributed by atoms with E-state index < -0.39 is 5.79 Å². The molecule has 1 unspecified atom stereocenters. The van der Waals surface area contributed by atoms with E-state index in [1.54, 1.807) is 14.2 Å². The monoisotopic (exact) mass is 314 g/mol. The second kappa shape index (κ2) is 14.1. The summed E-state index contributed by atoms with van der Waals surface area (Å²) in [5.74, 6) is -0.629. The van der Waals surface area contributed by atoms with Gasteiger partial charge in [-0.25, -0.2) is 0 Å². The van der Waals surface area contributed by atoms with E-state index in [2.05, 4.69) is 20.8 Å². The smallest absolute Gasteiger partial charge is 0.205 e. The zero-order valence-electron chi connectivity index (χ0n) is 15.5. The molecule has 3 nitrogen and oxygen atoms in total. The highest BCUT2D eigenvalue weighted by Gasteiger charge is 2.39. The molecule has 0 saturated heterocycles. The fourth-order valence-electron chi connectivity index (χ4n) is 2.81. The number of hydrogen-bond donors (Lipinski definition) is 0. The lowest BCUT2D eigenvalue weighted by atomic mass is 9.97. The molecule has 0 bridgehead atoms. The Morgan fingerprint density at radius 1 is 0.864 bits per heavy atom. The molecule has 0 saturated carbocycles. The predicted molar refractivity (Wildman–Crippen MR) is 94.0 cm³/mol. The van der Waals surface area contributed by atoms with Gasteiger partial charge in [-0.3, -0.25) is 0 Å². The van der Waals surface area contributed by atoms with Gasteiger partial charge in [0.2, 0.25) is 5.79 Å². The van der Waals surface area contributed by atoms with Gasteiger partial charge in [0.25, 0.3) is 0 Å². The lowest BCUT2D eigenvalue weighted by molar-refractivity contribution is -0.265. The maximum Gasteiger partial charge on any atom is 0.205 e. The molecule has 0 radical (unpaired) electrons. The lowest BCUT2D eigenvalue weighted by Crippen LogP contribution is -2.46. The number of unbranched alkanes of at least 4 members (excludes halogenated alkanes) is 5. The van der Waals surface area contributed by atoms with Crippen molar-refractivity contribution in [1.29, 1.82) is 0 Å². The van der Waals surface area contributed by atoms with E-state index in [0.717, 1.165) is 32.1 Å². The van der Waals surface area contributed by atoms with Gasteiger partial charge in [-0.15, -0.1) is 0 Å². The Labute approximate surface area is 138 Å². The van der Waals surface area contributed by atoms with Gasteiger partial charge in [0.1, 0.15) is 0 Å². The average Bonchev–Trinajstić information content (AvgIpc) is 2.54. The summed E-state index contributed by atoms with van der Waals surface area (Å²) >= 11 is 0. The normalized spacial score (nSPS) is 13.7. The van der Waals surface area contributed by atoms with Crippen LogP contribution in [0.3, 0.4) is 0 Å². The van der Waals surface area contributed by atoms with Gasteiger partial charge in [-0.05, 0) is 19.3 Å². The van der Waals surface area contributed by atoms with E-state index in [1.165, 1.54) is 32.1 Å². The van der Waals surface area contributed by atoms with Crippen LogP contribution in [0, 0.1) is 0 Å². The van der Waals surface area contributed by atoms with Crippen molar-refractivity contribution < 1.29 is 14.2 Å². The minimum absolute atomic E-state index is 0.0450. The third-order valence-electron chi connectivity index (χ3n) is 4.17. The molecule has 0 aliphatic carbocycles. The molecule has 0 spiro atoms. The van der Waals surface area contributed by atoms with Crippen LogP contribution >= 0.6 is 0 Å². The van der Waals surface area contributed by atoms with Crippen LogP contribution in [-0.4, -0.2) is 26.1 Å². The van der Waals surface area contributed by atoms with Crippen LogP contribution in [-0.2, 0) is 14.2 Å². The molecule has 0 aromatic carbocycles. The van der Waals surface area contributed by atoms with Crippen LogP contribution in [0.2, 0.25) is 0 Å². The van der Waals surface area contributed by atoms with Gasteiger partial charge in [0, 0.05) is 20.6 Å². The zero-order valence-corrected chi connectivity index (χ0v) is 15.5. The summed E-state index contributed by atoms with van der Waals surface area (Å²) in [5, 5.41) is 0. The largest absolute Gasteiger partial charge is 0.493 e. The first-order valence-corrected chi connectivity index (χ1v) is 9.11. The molecule has 0 aromatic rings. The van der Waals surface area contributed by atoms with Gasteiger partial charge in [-0.1, -0.05) is 65.4 Å². The van der Waals surface area contributed by atoms with Crippen LogP contribution in [0.1, 0.15) is 85.0 Å². The Kier molecular flexibility index (Phi) is 13.7. The molecular weight excluding hydrogens is 276 g/mol. The summed E-state index contributed by atoms with van der Waals surface area (Å²) in [4.78, 5) is 0. The Morgan fingerprint density at radius 2 is 1.50 bits per heavy atom. The fraction of sp³-hybridized carbons (Fsp3) is 0.895. The standard InChI is InChI=1S/C19H38O3/c1-6-9-11-12-13-14-15-18(22-17-10-7-2)19(20-4,21-5)16-8-3/h10,17-18H,6-9,11-16H2,1-5H3. The van der Waals surface area contributed by atoms with Crippen molar-refractivity contribution in [3.8, 4) is 0 Å². The molecule has 132 valence electrons. The number of ether oxygens (including phenoxy) is 3. The van der Waals surface area contributed by atoms with E-state index >= 15 is 0 Å². The quantitative estimate of drug-likeness (QED) is 0.216. The first-order chi connectivity index (χ1) is 10.7. The first kappa shape index (κ1) is 21.5. The highest BCUT2D eigenvalue weighted by Crippen LogP contribution is 2.29. The van der Waals surface area contributed by atoms with Crippen molar-refractivity contribution in [2.24, 2.45) is 0 Å². The second-order valence-electron chi connectivity index (χ2n) is 5.93. The van der Waals surface area contributed by atoms with Crippen LogP contribution < -0.4 is 0 Å². The molecule has 3 heteroatoms. The maximum absolute atomic E-state index is 5.98. The van der Waals surface area contributed by atoms with Gasteiger partial charge in [-0.2, -0.15) is 0 Å². The third-order valence-corrected chi connectivity index (χ3v) is 4.17. The van der Waals surface area contributed by atoms with Crippen LogP contribution in [0.25, 0.3) is 0 Å². The number of allylic oxidation sites excluding steroid dienone is 1. The second-order valence-corrected chi connectivity index (χ2v) is 5.93. The van der Waals surface area contributed by atoms with Gasteiger partial charge < -0.3 is 14.2 Å². The van der Waals surface area contributed by atoms with Crippen molar-refractivity contribution in [2.45, 2.75) is 96.9 Å². The molecule has 0 aliphatic rings. The minimum atomic E-state index is -0.629. The van der Waals surface area contributed by atoms with Crippen molar-refractivity contribution >= 4 is 0 Å². The summed E-state index contributed by atoms with van der Waals surface area (Å²) < 4.78 is 17.4. The highest BCUT2D eigenvalue weighted by molar-refractivity contribution is 4.84. The molecule has 0 aliphatic heterocycles. The topological polar surface area (TPSA) is 27.7 Å². The van der Waals surface area contributed by atoms with Crippen LogP contribution in [0.15, 0.2) is 12.3 Å². The van der Waals surface area contributed by atoms with Crippen LogP contribution in [0.4, 0.5) is 0 Å². The van der Waals surface area contributed by atoms with E-state index in [4.69, 9.17) is 14.2 Å². The number of methoxy groups -OCH3 is 2. The molecule has 0 amide bonds. The molecule has 0 N–H and O–H groups in total. The zero-order chi connectivity index (χ0) is 16.7. The van der Waals surface area contributed by atoms with E-state index in [0.29, 0.717) is 0 Å². The van der Waals surface area contributed by atoms with Crippen molar-refractivity contribution in [3.05, 3.63) is 12.3 Å². The molecule has 0 aromatic heterocycles. The molecule has 0 rings (SSSR count). The molecular formula is C19H38O3. The first-order valence-electron chi connectivity index (χ1n) is 9.11. The van der Waals surface area contributed by atoms with Gasteiger partial charge in [0.15, 0.2) is 6.10 Å². The summed E-state index contributed by atoms with van der Waals surface area (Å²) in [6.45, 7) is 6.51. The fourth-order valence-corrected chi connectivity index (χ4v) is 2.81. The molecule has 0 fully saturated rings. The van der Waals surface area contributed by atoms with Crippen molar-refractivity contribution in [1.82, 2.24) is 0 Å². The number of rotatable bonds is 15.